The lowest BCUT2D eigenvalue weighted by Gasteiger charge is -2.25. The van der Waals surface area contributed by atoms with Gasteiger partial charge in [-0.25, -0.2) is 0 Å². The number of hydrazone groups is 1. The van der Waals surface area contributed by atoms with Gasteiger partial charge in [0.05, 0.1) is 0 Å². The molecule has 2 aliphatic rings. The molecule has 0 amide bonds. The van der Waals surface area contributed by atoms with Crippen LogP contribution in [0.3, 0.4) is 0 Å². The molecule has 6 nitrogen and oxygen atoms in total. The van der Waals surface area contributed by atoms with Crippen molar-refractivity contribution in [2.24, 2.45) is 5.10 Å². The van der Waals surface area contributed by atoms with E-state index < -0.39 is 21.8 Å². The summed E-state index contributed by atoms with van der Waals surface area (Å²) in [6.45, 7) is 0.536. The molecule has 0 aromatic rings. The third kappa shape index (κ3) is 2.18. The van der Waals surface area contributed by atoms with E-state index in [1.165, 1.54) is 6.34 Å². The minimum absolute atomic E-state index is 0.332. The fourth-order valence-electron chi connectivity index (χ4n) is 1.58. The van der Waals surface area contributed by atoms with E-state index in [0.29, 0.717) is 18.1 Å². The number of thiol groups is 1. The van der Waals surface area contributed by atoms with Crippen LogP contribution in [0.2, 0.25) is 0 Å². The second kappa shape index (κ2) is 3.92. The van der Waals surface area contributed by atoms with E-state index in [0.717, 1.165) is 0 Å². The van der Waals surface area contributed by atoms with Crippen LogP contribution in [0.5, 0.6) is 0 Å². The molecule has 11 heteroatoms. The number of rotatable bonds is 2. The Balaban J connectivity index is 2.14. The highest BCUT2D eigenvalue weighted by molar-refractivity contribution is 7.87. The molecule has 0 bridgehead atoms. The van der Waals surface area contributed by atoms with Crippen LogP contribution in [0.25, 0.3) is 0 Å². The van der Waals surface area contributed by atoms with Gasteiger partial charge in [0, 0.05) is 11.8 Å². The topological polar surface area (TPSA) is 62.2 Å². The Bertz CT molecular complexity index is 438. The van der Waals surface area contributed by atoms with Crippen molar-refractivity contribution in [2.75, 3.05) is 6.54 Å². The molecule has 2 unspecified atom stereocenters. The van der Waals surface area contributed by atoms with Crippen molar-refractivity contribution in [3.63, 3.8) is 0 Å². The van der Waals surface area contributed by atoms with Crippen LogP contribution >= 0.6 is 12.6 Å². The molecule has 0 aromatic carbocycles. The quantitative estimate of drug-likeness (QED) is 0.588. The summed E-state index contributed by atoms with van der Waals surface area (Å²) in [5.74, 6) is 0. The molecule has 0 spiro atoms. The van der Waals surface area contributed by atoms with Gasteiger partial charge in [0.25, 0.3) is 0 Å². The van der Waals surface area contributed by atoms with Crippen molar-refractivity contribution in [2.45, 2.75) is 23.3 Å². The number of hydrogen-bond acceptors (Lipinski definition) is 7. The fraction of sp³-hybridized carbons (Fsp3) is 0.833. The van der Waals surface area contributed by atoms with Crippen molar-refractivity contribution >= 4 is 29.1 Å². The lowest BCUT2D eigenvalue weighted by molar-refractivity contribution is -0.126. The normalized spacial score (nSPS) is 28.9. The minimum Gasteiger partial charge on any atom is -0.336 e. The first-order valence-electron chi connectivity index (χ1n) is 4.50. The minimum atomic E-state index is -5.69. The largest absolute Gasteiger partial charge is 0.525 e. The number of alkyl halides is 3. The predicted molar refractivity (Wildman–Crippen MR) is 54.3 cm³/mol. The van der Waals surface area contributed by atoms with Crippen LogP contribution in [-0.2, 0) is 14.4 Å². The molecule has 0 aromatic heterocycles. The van der Waals surface area contributed by atoms with E-state index in [2.05, 4.69) is 22.0 Å². The second-order valence-corrected chi connectivity index (χ2v) is 5.70. The summed E-state index contributed by atoms with van der Waals surface area (Å²) >= 11 is 4.13. The Hall–Kier alpha value is -0.680. The van der Waals surface area contributed by atoms with Gasteiger partial charge in [0.15, 0.2) is 6.17 Å². The average molecular weight is 291 g/mol. The summed E-state index contributed by atoms with van der Waals surface area (Å²) in [5, 5.41) is 3.54. The van der Waals surface area contributed by atoms with Gasteiger partial charge in [-0.1, -0.05) is 0 Å². The summed E-state index contributed by atoms with van der Waals surface area (Å²) in [4.78, 5) is 1.56. The van der Waals surface area contributed by atoms with Crippen molar-refractivity contribution in [3.8, 4) is 0 Å². The smallest absolute Gasteiger partial charge is 0.336 e. The van der Waals surface area contributed by atoms with E-state index in [-0.39, 0.29) is 5.25 Å². The standard InChI is InChI=1S/C6H8F3N3O3S2/c7-6(8,9)17(13,14)15-12-5-4(16)1-2-11(5)3-10-12/h3-5,16H,1-2H2. The summed E-state index contributed by atoms with van der Waals surface area (Å²) in [5.41, 5.74) is -5.47. The van der Waals surface area contributed by atoms with Crippen molar-refractivity contribution in [1.29, 1.82) is 0 Å². The fourth-order valence-corrected chi connectivity index (χ4v) is 2.39. The van der Waals surface area contributed by atoms with Crippen LogP contribution in [0.4, 0.5) is 13.2 Å². The molecule has 2 aliphatic heterocycles. The van der Waals surface area contributed by atoms with Gasteiger partial charge in [-0.05, 0) is 6.42 Å². The predicted octanol–water partition coefficient (Wildman–Crippen LogP) is 0.357. The lowest BCUT2D eigenvalue weighted by atomic mass is 10.3. The van der Waals surface area contributed by atoms with E-state index in [1.807, 2.05) is 0 Å². The second-order valence-electron chi connectivity index (χ2n) is 3.52. The van der Waals surface area contributed by atoms with Crippen molar-refractivity contribution < 1.29 is 25.9 Å². The van der Waals surface area contributed by atoms with E-state index in [1.54, 1.807) is 4.90 Å². The Morgan fingerprint density at radius 3 is 2.71 bits per heavy atom. The molecule has 0 radical (unpaired) electrons. The molecule has 0 aliphatic carbocycles. The van der Waals surface area contributed by atoms with Crippen LogP contribution < -0.4 is 0 Å². The molecule has 98 valence electrons. The maximum absolute atomic E-state index is 12.1. The molecular weight excluding hydrogens is 283 g/mol. The number of hydroxylamine groups is 1. The number of fused-ring (bicyclic) bond motifs is 1. The zero-order valence-electron chi connectivity index (χ0n) is 8.20. The first-order valence-corrected chi connectivity index (χ1v) is 6.43. The van der Waals surface area contributed by atoms with Gasteiger partial charge in [-0.3, -0.25) is 0 Å². The molecule has 0 N–H and O–H groups in total. The van der Waals surface area contributed by atoms with Gasteiger partial charge in [-0.2, -0.15) is 34.2 Å². The van der Waals surface area contributed by atoms with Crippen LogP contribution in [0, 0.1) is 0 Å². The maximum atomic E-state index is 12.1. The zero-order chi connectivity index (χ0) is 12.8. The Labute approximate surface area is 100 Å². The number of hydrogen-bond donors (Lipinski definition) is 1. The Kier molecular flexibility index (Phi) is 2.94. The van der Waals surface area contributed by atoms with Crippen LogP contribution in [-0.4, -0.2) is 48.3 Å². The molecule has 2 atom stereocenters. The van der Waals surface area contributed by atoms with Gasteiger partial charge in [0.1, 0.15) is 6.34 Å². The maximum Gasteiger partial charge on any atom is 0.525 e. The van der Waals surface area contributed by atoms with Crippen molar-refractivity contribution in [3.05, 3.63) is 0 Å². The lowest BCUT2D eigenvalue weighted by Crippen LogP contribution is -2.42. The molecule has 1 fully saturated rings. The third-order valence-electron chi connectivity index (χ3n) is 2.37. The summed E-state index contributed by atoms with van der Waals surface area (Å²) in [6.07, 6.45) is 1.11. The van der Waals surface area contributed by atoms with Gasteiger partial charge >= 0.3 is 15.6 Å². The SMILES string of the molecule is O=S(=O)(ON1N=CN2CCC(S)C21)C(F)(F)F. The monoisotopic (exact) mass is 291 g/mol. The highest BCUT2D eigenvalue weighted by atomic mass is 32.2. The van der Waals surface area contributed by atoms with Crippen LogP contribution in [0.1, 0.15) is 6.42 Å². The van der Waals surface area contributed by atoms with Crippen molar-refractivity contribution in [1.82, 2.24) is 10.1 Å². The molecule has 2 heterocycles. The zero-order valence-corrected chi connectivity index (χ0v) is 9.91. The molecule has 17 heavy (non-hydrogen) atoms. The van der Waals surface area contributed by atoms with E-state index in [4.69, 9.17) is 0 Å². The highest BCUT2D eigenvalue weighted by Crippen LogP contribution is 2.32. The number of nitrogens with zero attached hydrogens (tertiary/aromatic N) is 3. The molecular formula is C6H8F3N3O3S2. The van der Waals surface area contributed by atoms with E-state index >= 15 is 0 Å². The molecule has 1 saturated heterocycles. The average Bonchev–Trinajstić information content (AvgIpc) is 2.69. The summed E-state index contributed by atoms with van der Waals surface area (Å²) < 4.78 is 61.8. The first kappa shape index (κ1) is 12.8. The van der Waals surface area contributed by atoms with Crippen LogP contribution in [0.15, 0.2) is 5.10 Å². The van der Waals surface area contributed by atoms with Gasteiger partial charge in [-0.15, -0.1) is 14.6 Å². The molecule has 0 saturated carbocycles. The molecule has 2 rings (SSSR count). The summed E-state index contributed by atoms with van der Waals surface area (Å²) in [6, 6.07) is 0. The van der Waals surface area contributed by atoms with Gasteiger partial charge < -0.3 is 4.90 Å². The Morgan fingerprint density at radius 1 is 1.47 bits per heavy atom. The summed E-state index contributed by atoms with van der Waals surface area (Å²) in [7, 11) is -5.69. The van der Waals surface area contributed by atoms with E-state index in [9.17, 15) is 21.6 Å². The Morgan fingerprint density at radius 2 is 2.12 bits per heavy atom. The highest BCUT2D eigenvalue weighted by Gasteiger charge is 2.51. The number of halogens is 3. The first-order chi connectivity index (χ1) is 7.72. The van der Waals surface area contributed by atoms with Gasteiger partial charge in [0.2, 0.25) is 0 Å². The third-order valence-corrected chi connectivity index (χ3v) is 3.81.